The maximum absolute atomic E-state index is 10.5. The van der Waals surface area contributed by atoms with Gasteiger partial charge >= 0.3 is 0 Å². The molecule has 3 heteroatoms. The maximum Gasteiger partial charge on any atom is 0.284 e. The molecule has 0 saturated carbocycles. The topological polar surface area (TPSA) is 26.1 Å². The van der Waals surface area contributed by atoms with Gasteiger partial charge in [-0.2, -0.15) is 0 Å². The molecule has 0 atom stereocenters. The smallest absolute Gasteiger partial charge is 0.284 e. The van der Waals surface area contributed by atoms with Gasteiger partial charge in [0.2, 0.25) is 5.69 Å². The van der Waals surface area contributed by atoms with Crippen LogP contribution in [0.2, 0.25) is 0 Å². The first-order chi connectivity index (χ1) is 4.70. The van der Waals surface area contributed by atoms with Crippen LogP contribution in [0.3, 0.4) is 0 Å². The van der Waals surface area contributed by atoms with Gasteiger partial charge in [-0.05, 0) is 12.5 Å². The van der Waals surface area contributed by atoms with Crippen molar-refractivity contribution in [3.8, 4) is 0 Å². The normalized spacial score (nSPS) is 9.30. The first kappa shape index (κ1) is 7.15. The third-order valence-corrected chi connectivity index (χ3v) is 1.36. The van der Waals surface area contributed by atoms with E-state index in [1.54, 1.807) is 24.3 Å². The van der Waals surface area contributed by atoms with Gasteiger partial charge in [-0.25, -0.2) is 0 Å². The summed E-state index contributed by atoms with van der Waals surface area (Å²) in [7, 11) is 0. The summed E-state index contributed by atoms with van der Waals surface area (Å²) in [5.74, 6) is 0. The van der Waals surface area contributed by atoms with Crippen LogP contribution in [0, 0.1) is 12.1 Å². The standard InChI is InChI=1S/C7H6NOS/c1-6-2-4-7(5-3-6)8(9)10/h2-5H,1H2. The average molecular weight is 152 g/mol. The Morgan fingerprint density at radius 1 is 1.30 bits per heavy atom. The Morgan fingerprint density at radius 3 is 2.20 bits per heavy atom. The van der Waals surface area contributed by atoms with Crippen LogP contribution >= 0.6 is 0 Å². The third kappa shape index (κ3) is 1.51. The van der Waals surface area contributed by atoms with Crippen molar-refractivity contribution < 1.29 is 4.11 Å². The summed E-state index contributed by atoms with van der Waals surface area (Å²) in [4.78, 5) is 0. The van der Waals surface area contributed by atoms with E-state index in [0.29, 0.717) is 9.80 Å². The predicted molar refractivity (Wildman–Crippen MR) is 41.6 cm³/mol. The summed E-state index contributed by atoms with van der Waals surface area (Å²) < 4.78 is 0.402. The van der Waals surface area contributed by atoms with Crippen LogP contribution < -0.4 is 0 Å². The molecule has 0 aliphatic rings. The van der Waals surface area contributed by atoms with Crippen molar-refractivity contribution in [3.05, 3.63) is 42.0 Å². The van der Waals surface area contributed by atoms with Crippen LogP contribution in [0.15, 0.2) is 24.3 Å². The molecule has 2 nitrogen and oxygen atoms in total. The van der Waals surface area contributed by atoms with Gasteiger partial charge in [0.25, 0.3) is 12.4 Å². The molecule has 0 aliphatic carbocycles. The number of hydrogen-bond acceptors (Lipinski definition) is 2. The second kappa shape index (κ2) is 2.75. The van der Waals surface area contributed by atoms with Crippen molar-refractivity contribution >= 4 is 18.1 Å². The molecule has 10 heavy (non-hydrogen) atoms. The summed E-state index contributed by atoms with van der Waals surface area (Å²) in [6.07, 6.45) is 0. The lowest BCUT2D eigenvalue weighted by molar-refractivity contribution is -0.325. The second-order valence-electron chi connectivity index (χ2n) is 1.92. The van der Waals surface area contributed by atoms with Crippen LogP contribution in [0.5, 0.6) is 0 Å². The summed E-state index contributed by atoms with van der Waals surface area (Å²) in [5.41, 5.74) is 1.35. The van der Waals surface area contributed by atoms with Crippen LogP contribution in [0.25, 0.3) is 0 Å². The summed E-state index contributed by atoms with van der Waals surface area (Å²) in [6, 6.07) is 6.77. The lowest BCUT2D eigenvalue weighted by atomic mass is 10.2. The van der Waals surface area contributed by atoms with E-state index < -0.39 is 0 Å². The largest absolute Gasteiger partial charge is 0.605 e. The predicted octanol–water partition coefficient (Wildman–Crippen LogP) is 1.74. The van der Waals surface area contributed by atoms with Gasteiger partial charge < -0.3 is 5.21 Å². The van der Waals surface area contributed by atoms with E-state index in [4.69, 9.17) is 0 Å². The van der Waals surface area contributed by atoms with Crippen molar-refractivity contribution in [2.75, 3.05) is 0 Å². The minimum Gasteiger partial charge on any atom is -0.605 e. The number of benzene rings is 1. The van der Waals surface area contributed by atoms with E-state index in [1.165, 1.54) is 0 Å². The fraction of sp³-hybridized carbons (Fsp3) is 0. The van der Waals surface area contributed by atoms with Crippen molar-refractivity contribution in [3.63, 3.8) is 0 Å². The van der Waals surface area contributed by atoms with Crippen LogP contribution in [-0.4, -0.2) is 4.11 Å². The molecule has 0 aliphatic heterocycles. The van der Waals surface area contributed by atoms with Gasteiger partial charge in [0.05, 0.1) is 0 Å². The highest BCUT2D eigenvalue weighted by Crippen LogP contribution is 2.10. The van der Waals surface area contributed by atoms with Gasteiger partial charge in [-0.15, -0.1) is 0 Å². The van der Waals surface area contributed by atoms with Crippen molar-refractivity contribution in [1.29, 1.82) is 0 Å². The Kier molecular flexibility index (Phi) is 1.97. The van der Waals surface area contributed by atoms with Crippen LogP contribution in [0.4, 0.5) is 5.69 Å². The summed E-state index contributed by atoms with van der Waals surface area (Å²) in [5, 5.41) is 10.5. The first-order valence-electron chi connectivity index (χ1n) is 2.76. The molecule has 0 saturated heterocycles. The quantitative estimate of drug-likeness (QED) is 0.452. The highest BCUT2D eigenvalue weighted by Gasteiger charge is 1.96. The Bertz CT molecular complexity index is 242. The Balaban J connectivity index is 3.00. The van der Waals surface area contributed by atoms with Gasteiger partial charge in [0.1, 0.15) is 0 Å². The van der Waals surface area contributed by atoms with Gasteiger partial charge in [0.15, 0.2) is 0 Å². The zero-order valence-electron chi connectivity index (χ0n) is 5.28. The molecule has 0 bridgehead atoms. The van der Waals surface area contributed by atoms with Gasteiger partial charge in [-0.1, -0.05) is 16.2 Å². The highest BCUT2D eigenvalue weighted by atomic mass is 32.1. The minimum atomic E-state index is 0.402. The molecule has 51 valence electrons. The Hall–Kier alpha value is -0.960. The molecule has 0 heterocycles. The van der Waals surface area contributed by atoms with Crippen molar-refractivity contribution in [1.82, 2.24) is 0 Å². The number of hydrogen-bond donors (Lipinski definition) is 0. The zero-order valence-corrected chi connectivity index (χ0v) is 6.10. The van der Waals surface area contributed by atoms with Crippen molar-refractivity contribution in [2.45, 2.75) is 0 Å². The Labute approximate surface area is 64.8 Å². The molecule has 1 rings (SSSR count). The first-order valence-corrected chi connectivity index (χ1v) is 3.13. The highest BCUT2D eigenvalue weighted by molar-refractivity contribution is 7.44. The van der Waals surface area contributed by atoms with Crippen LogP contribution in [-0.2, 0) is 12.4 Å². The molecule has 0 amide bonds. The van der Waals surface area contributed by atoms with Gasteiger partial charge in [0, 0.05) is 12.1 Å². The minimum absolute atomic E-state index is 0.402. The molecular weight excluding hydrogens is 146 g/mol. The third-order valence-electron chi connectivity index (χ3n) is 1.15. The second-order valence-corrected chi connectivity index (χ2v) is 2.26. The molecule has 0 N–H and O–H groups in total. The van der Waals surface area contributed by atoms with E-state index in [0.717, 1.165) is 5.56 Å². The summed E-state index contributed by atoms with van der Waals surface area (Å²) in [6.45, 7) is 3.67. The molecule has 1 radical (unpaired) electrons. The van der Waals surface area contributed by atoms with E-state index in [9.17, 15) is 5.21 Å². The molecule has 0 fully saturated rings. The zero-order chi connectivity index (χ0) is 7.56. The molecule has 1 aromatic rings. The maximum atomic E-state index is 10.5. The average Bonchev–Trinajstić information content (AvgIpc) is 1.88. The molecule has 0 unspecified atom stereocenters. The fourth-order valence-corrected chi connectivity index (χ4v) is 0.739. The molecule has 0 aromatic heterocycles. The molecular formula is C7H6NOS. The van der Waals surface area contributed by atoms with E-state index in [2.05, 4.69) is 19.3 Å². The SMILES string of the molecule is [CH2]c1ccc([N+]([O-])=S)cc1. The molecule has 1 aromatic carbocycles. The van der Waals surface area contributed by atoms with Crippen molar-refractivity contribution in [2.24, 2.45) is 0 Å². The summed E-state index contributed by atoms with van der Waals surface area (Å²) >= 11 is 4.35. The number of nitrogens with zero attached hydrogens (tertiary/aromatic N) is 1. The van der Waals surface area contributed by atoms with E-state index >= 15 is 0 Å². The van der Waals surface area contributed by atoms with Gasteiger partial charge in [-0.3, -0.25) is 0 Å². The van der Waals surface area contributed by atoms with Crippen LogP contribution in [0.1, 0.15) is 5.56 Å². The number of rotatable bonds is 1. The lowest BCUT2D eigenvalue weighted by Gasteiger charge is -1.95. The van der Waals surface area contributed by atoms with E-state index in [-0.39, 0.29) is 0 Å². The monoisotopic (exact) mass is 152 g/mol. The molecule has 0 spiro atoms. The Morgan fingerprint density at radius 2 is 1.80 bits per heavy atom. The lowest BCUT2D eigenvalue weighted by Crippen LogP contribution is -1.86. The van der Waals surface area contributed by atoms with E-state index in [1.807, 2.05) is 0 Å². The fourth-order valence-electron chi connectivity index (χ4n) is 0.618.